The van der Waals surface area contributed by atoms with E-state index in [2.05, 4.69) is 15.7 Å². The summed E-state index contributed by atoms with van der Waals surface area (Å²) in [6, 6.07) is 0.0949. The standard InChI is InChI=1S/C12H23N5O/c1-9(11(18)17-7-3-2-4-8-17)14-12(16-13)15-10-5-6-10/h9-10H,2-8,13H2,1H3,(H2,14,15,16). The Morgan fingerprint density at radius 1 is 1.33 bits per heavy atom. The highest BCUT2D eigenvalue weighted by atomic mass is 16.2. The van der Waals surface area contributed by atoms with E-state index in [0.717, 1.165) is 38.8 Å². The maximum absolute atomic E-state index is 12.2. The lowest BCUT2D eigenvalue weighted by atomic mass is 10.1. The van der Waals surface area contributed by atoms with Gasteiger partial charge in [0.25, 0.3) is 0 Å². The summed E-state index contributed by atoms with van der Waals surface area (Å²) in [6.45, 7) is 3.60. The van der Waals surface area contributed by atoms with Gasteiger partial charge in [-0.2, -0.15) is 0 Å². The molecule has 6 nitrogen and oxygen atoms in total. The molecule has 1 saturated heterocycles. The van der Waals surface area contributed by atoms with Crippen molar-refractivity contribution in [2.75, 3.05) is 13.1 Å². The fourth-order valence-electron chi connectivity index (χ4n) is 2.16. The first-order valence-corrected chi connectivity index (χ1v) is 6.80. The van der Waals surface area contributed by atoms with Crippen molar-refractivity contribution in [3.8, 4) is 0 Å². The molecular formula is C12H23N5O. The highest BCUT2D eigenvalue weighted by Crippen LogP contribution is 2.23. The van der Waals surface area contributed by atoms with Crippen molar-refractivity contribution in [3.05, 3.63) is 0 Å². The highest BCUT2D eigenvalue weighted by molar-refractivity contribution is 5.88. The molecule has 0 aromatic carbocycles. The zero-order valence-corrected chi connectivity index (χ0v) is 11.0. The molecule has 0 radical (unpaired) electrons. The van der Waals surface area contributed by atoms with Crippen molar-refractivity contribution in [1.82, 2.24) is 15.6 Å². The van der Waals surface area contributed by atoms with E-state index in [1.807, 2.05) is 11.8 Å². The summed E-state index contributed by atoms with van der Waals surface area (Å²) in [4.78, 5) is 18.5. The minimum atomic E-state index is -0.281. The molecule has 2 aliphatic rings. The molecule has 2 rings (SSSR count). The molecule has 2 fully saturated rings. The first kappa shape index (κ1) is 13.1. The van der Waals surface area contributed by atoms with Gasteiger partial charge >= 0.3 is 0 Å². The Balaban J connectivity index is 1.85. The number of nitrogens with two attached hydrogens (primary N) is 1. The predicted molar refractivity (Wildman–Crippen MR) is 70.8 cm³/mol. The summed E-state index contributed by atoms with van der Waals surface area (Å²) in [6.07, 6.45) is 5.67. The normalized spacial score (nSPS) is 22.6. The smallest absolute Gasteiger partial charge is 0.244 e. The van der Waals surface area contributed by atoms with Crippen molar-refractivity contribution < 1.29 is 4.79 Å². The number of hydrogen-bond donors (Lipinski definition) is 3. The summed E-state index contributed by atoms with van der Waals surface area (Å²) >= 11 is 0. The number of rotatable bonds is 3. The van der Waals surface area contributed by atoms with Crippen molar-refractivity contribution in [1.29, 1.82) is 0 Å². The Bertz CT molecular complexity index is 320. The molecule has 6 heteroatoms. The third-order valence-electron chi connectivity index (χ3n) is 3.39. The van der Waals surface area contributed by atoms with E-state index in [9.17, 15) is 4.79 Å². The van der Waals surface area contributed by atoms with Gasteiger partial charge in [-0.05, 0) is 39.0 Å². The van der Waals surface area contributed by atoms with E-state index >= 15 is 0 Å². The number of piperidine rings is 1. The molecule has 1 unspecified atom stereocenters. The number of nitrogens with one attached hydrogen (secondary N) is 2. The second-order valence-corrected chi connectivity index (χ2v) is 5.11. The van der Waals surface area contributed by atoms with Crippen LogP contribution in [0.5, 0.6) is 0 Å². The lowest BCUT2D eigenvalue weighted by molar-refractivity contribution is -0.133. The maximum atomic E-state index is 12.2. The summed E-state index contributed by atoms with van der Waals surface area (Å²) < 4.78 is 0. The Labute approximate surface area is 108 Å². The third kappa shape index (κ3) is 3.60. The molecule has 102 valence electrons. The molecule has 18 heavy (non-hydrogen) atoms. The van der Waals surface area contributed by atoms with Gasteiger partial charge in [-0.25, -0.2) is 10.8 Å². The Kier molecular flexibility index (Phi) is 4.41. The largest absolute Gasteiger partial charge is 0.344 e. The highest BCUT2D eigenvalue weighted by Gasteiger charge is 2.24. The summed E-state index contributed by atoms with van der Waals surface area (Å²) in [5.41, 5.74) is 2.53. The van der Waals surface area contributed by atoms with Gasteiger partial charge in [0.05, 0.1) is 6.04 Å². The van der Waals surface area contributed by atoms with Crippen LogP contribution in [-0.2, 0) is 4.79 Å². The van der Waals surface area contributed by atoms with E-state index in [1.165, 1.54) is 6.42 Å². The summed E-state index contributed by atoms with van der Waals surface area (Å²) in [7, 11) is 0. The molecular weight excluding hydrogens is 230 g/mol. The molecule has 0 spiro atoms. The minimum Gasteiger partial charge on any atom is -0.344 e. The van der Waals surface area contributed by atoms with Crippen LogP contribution in [-0.4, -0.2) is 41.9 Å². The van der Waals surface area contributed by atoms with E-state index in [1.54, 1.807) is 0 Å². The summed E-state index contributed by atoms with van der Waals surface area (Å²) in [5, 5.41) is 3.06. The molecule has 1 aliphatic heterocycles. The van der Waals surface area contributed by atoms with Crippen LogP contribution in [0.4, 0.5) is 0 Å². The zero-order valence-electron chi connectivity index (χ0n) is 11.0. The average molecular weight is 253 g/mol. The van der Waals surface area contributed by atoms with Gasteiger partial charge in [-0.15, -0.1) is 0 Å². The number of amides is 1. The molecule has 0 aromatic rings. The van der Waals surface area contributed by atoms with Gasteiger partial charge in [-0.3, -0.25) is 10.2 Å². The SMILES string of the molecule is CC(NC(=NC1CC1)NN)C(=O)N1CCCCC1. The number of nitrogens with zero attached hydrogens (tertiary/aromatic N) is 2. The third-order valence-corrected chi connectivity index (χ3v) is 3.39. The van der Waals surface area contributed by atoms with Crippen LogP contribution >= 0.6 is 0 Å². The number of carbonyl (C=O) groups is 1. The molecule has 1 amide bonds. The molecule has 1 heterocycles. The second kappa shape index (κ2) is 6.04. The van der Waals surface area contributed by atoms with Gasteiger partial charge in [0.15, 0.2) is 0 Å². The van der Waals surface area contributed by atoms with Crippen molar-refractivity contribution in [3.63, 3.8) is 0 Å². The predicted octanol–water partition coefficient (Wildman–Crippen LogP) is -0.0413. The number of hydrogen-bond acceptors (Lipinski definition) is 3. The molecule has 0 bridgehead atoms. The lowest BCUT2D eigenvalue weighted by Gasteiger charge is -2.29. The topological polar surface area (TPSA) is 82.7 Å². The van der Waals surface area contributed by atoms with Crippen molar-refractivity contribution in [2.45, 2.75) is 51.1 Å². The first-order chi connectivity index (χ1) is 8.70. The summed E-state index contributed by atoms with van der Waals surface area (Å²) in [5.74, 6) is 6.06. The quantitative estimate of drug-likeness (QED) is 0.285. The van der Waals surface area contributed by atoms with Crippen LogP contribution in [0, 0.1) is 0 Å². The van der Waals surface area contributed by atoms with Gasteiger partial charge in [0, 0.05) is 13.1 Å². The average Bonchev–Trinajstić information content (AvgIpc) is 3.22. The Morgan fingerprint density at radius 2 is 2.00 bits per heavy atom. The second-order valence-electron chi connectivity index (χ2n) is 5.11. The first-order valence-electron chi connectivity index (χ1n) is 6.80. The number of carbonyl (C=O) groups excluding carboxylic acids is 1. The van der Waals surface area contributed by atoms with Crippen LogP contribution < -0.4 is 16.6 Å². The van der Waals surface area contributed by atoms with Gasteiger partial charge in [0.2, 0.25) is 11.9 Å². The van der Waals surface area contributed by atoms with Crippen molar-refractivity contribution in [2.24, 2.45) is 10.8 Å². The van der Waals surface area contributed by atoms with Crippen LogP contribution in [0.25, 0.3) is 0 Å². The number of guanidine groups is 1. The van der Waals surface area contributed by atoms with E-state index < -0.39 is 0 Å². The van der Waals surface area contributed by atoms with E-state index in [4.69, 9.17) is 5.84 Å². The monoisotopic (exact) mass is 253 g/mol. The molecule has 1 saturated carbocycles. The molecule has 4 N–H and O–H groups in total. The minimum absolute atomic E-state index is 0.133. The van der Waals surface area contributed by atoms with E-state index in [0.29, 0.717) is 12.0 Å². The van der Waals surface area contributed by atoms with Crippen LogP contribution in [0.2, 0.25) is 0 Å². The van der Waals surface area contributed by atoms with Gasteiger partial charge in [0.1, 0.15) is 6.04 Å². The Morgan fingerprint density at radius 3 is 2.56 bits per heavy atom. The molecule has 0 aromatic heterocycles. The Hall–Kier alpha value is -1.30. The van der Waals surface area contributed by atoms with Crippen LogP contribution in [0.15, 0.2) is 4.99 Å². The zero-order chi connectivity index (χ0) is 13.0. The fourth-order valence-corrected chi connectivity index (χ4v) is 2.16. The van der Waals surface area contributed by atoms with E-state index in [-0.39, 0.29) is 11.9 Å². The number of hydrazine groups is 1. The molecule has 1 atom stereocenters. The fraction of sp³-hybridized carbons (Fsp3) is 0.833. The van der Waals surface area contributed by atoms with Crippen LogP contribution in [0.3, 0.4) is 0 Å². The van der Waals surface area contributed by atoms with Crippen molar-refractivity contribution >= 4 is 11.9 Å². The van der Waals surface area contributed by atoms with Gasteiger partial charge < -0.3 is 10.2 Å². The lowest BCUT2D eigenvalue weighted by Crippen LogP contribution is -2.52. The van der Waals surface area contributed by atoms with Crippen LogP contribution in [0.1, 0.15) is 39.0 Å². The maximum Gasteiger partial charge on any atom is 0.244 e. The van der Waals surface area contributed by atoms with Gasteiger partial charge in [-0.1, -0.05) is 0 Å². The molecule has 1 aliphatic carbocycles. The number of aliphatic imine (C=N–C) groups is 1. The number of likely N-dealkylation sites (tertiary alicyclic amines) is 1.